The summed E-state index contributed by atoms with van der Waals surface area (Å²) in [5.41, 5.74) is 6.30. The van der Waals surface area contributed by atoms with Crippen molar-refractivity contribution in [2.24, 2.45) is 11.8 Å². The molecule has 1 N–H and O–H groups in total. The van der Waals surface area contributed by atoms with E-state index in [0.29, 0.717) is 6.04 Å². The molecule has 1 aliphatic carbocycles. The van der Waals surface area contributed by atoms with E-state index in [-0.39, 0.29) is 0 Å². The molecule has 0 atom stereocenters. The van der Waals surface area contributed by atoms with E-state index >= 15 is 0 Å². The lowest BCUT2D eigenvalue weighted by Crippen LogP contribution is -2.33. The molecule has 1 aromatic rings. The Bertz CT molecular complexity index is 337. The van der Waals surface area contributed by atoms with E-state index in [2.05, 4.69) is 49.9 Å². The molecule has 1 saturated carbocycles. The van der Waals surface area contributed by atoms with Gasteiger partial charge in [0, 0.05) is 17.4 Å². The number of hydrogen-bond donors (Lipinski definition) is 1. The van der Waals surface area contributed by atoms with Gasteiger partial charge in [0.2, 0.25) is 0 Å². The summed E-state index contributed by atoms with van der Waals surface area (Å²) < 4.78 is 2.25. The van der Waals surface area contributed by atoms with E-state index in [4.69, 9.17) is 0 Å². The average Bonchev–Trinajstić information content (AvgIpc) is 2.61. The molecular weight excluding hydrogens is 208 g/mol. The first kappa shape index (κ1) is 12.5. The van der Waals surface area contributed by atoms with Gasteiger partial charge in [0.25, 0.3) is 0 Å². The Morgan fingerprint density at radius 2 is 1.59 bits per heavy atom. The number of rotatable bonds is 3. The molecule has 0 aliphatic heterocycles. The van der Waals surface area contributed by atoms with E-state index < -0.39 is 0 Å². The maximum absolute atomic E-state index is 3.67. The van der Waals surface area contributed by atoms with Crippen molar-refractivity contribution < 1.29 is 0 Å². The van der Waals surface area contributed by atoms with Crippen molar-refractivity contribution in [2.45, 2.75) is 59.4 Å². The van der Waals surface area contributed by atoms with E-state index in [0.717, 1.165) is 11.8 Å². The van der Waals surface area contributed by atoms with E-state index in [1.165, 1.54) is 37.1 Å². The lowest BCUT2D eigenvalue weighted by Gasteiger charge is -2.32. The van der Waals surface area contributed by atoms with Crippen LogP contribution in [0, 0.1) is 25.7 Å². The Kier molecular flexibility index (Phi) is 3.80. The summed E-state index contributed by atoms with van der Waals surface area (Å²) >= 11 is 0. The summed E-state index contributed by atoms with van der Waals surface area (Å²) in [6.07, 6.45) is 5.41. The highest BCUT2D eigenvalue weighted by Crippen LogP contribution is 2.30. The standard InChI is InChI=1S/C15H26N2/c1-11(2)14-7-9-15(10-8-14)16-17-12(3)5-6-13(17)4/h5-6,11,14-16H,7-10H2,1-4H3. The smallest absolute Gasteiger partial charge is 0.0424 e. The quantitative estimate of drug-likeness (QED) is 0.840. The Hall–Kier alpha value is -0.920. The van der Waals surface area contributed by atoms with Crippen molar-refractivity contribution >= 4 is 0 Å². The predicted molar refractivity (Wildman–Crippen MR) is 73.9 cm³/mol. The molecule has 2 nitrogen and oxygen atoms in total. The van der Waals surface area contributed by atoms with Gasteiger partial charge in [0.15, 0.2) is 0 Å². The Morgan fingerprint density at radius 1 is 1.06 bits per heavy atom. The van der Waals surface area contributed by atoms with Gasteiger partial charge in [-0.2, -0.15) is 0 Å². The van der Waals surface area contributed by atoms with Gasteiger partial charge >= 0.3 is 0 Å². The predicted octanol–water partition coefficient (Wildman–Crippen LogP) is 3.86. The fourth-order valence-corrected chi connectivity index (χ4v) is 2.97. The SMILES string of the molecule is Cc1ccc(C)n1NC1CCC(C(C)C)CC1. The number of aryl methyl sites for hydroxylation is 2. The normalized spacial score (nSPS) is 25.2. The van der Waals surface area contributed by atoms with Gasteiger partial charge in [-0.15, -0.1) is 0 Å². The van der Waals surface area contributed by atoms with Gasteiger partial charge in [-0.05, 0) is 63.5 Å². The Balaban J connectivity index is 1.90. The Morgan fingerprint density at radius 3 is 2.06 bits per heavy atom. The van der Waals surface area contributed by atoms with Gasteiger partial charge in [-0.25, -0.2) is 0 Å². The van der Waals surface area contributed by atoms with Crippen LogP contribution in [0.5, 0.6) is 0 Å². The zero-order chi connectivity index (χ0) is 12.4. The highest BCUT2D eigenvalue weighted by Gasteiger charge is 2.23. The molecule has 0 spiro atoms. The minimum atomic E-state index is 0.662. The first-order valence-electron chi connectivity index (χ1n) is 6.99. The van der Waals surface area contributed by atoms with Crippen LogP contribution >= 0.6 is 0 Å². The van der Waals surface area contributed by atoms with Crippen LogP contribution in [0.2, 0.25) is 0 Å². The molecule has 0 radical (unpaired) electrons. The summed E-state index contributed by atoms with van der Waals surface area (Å²) in [5, 5.41) is 0. The lowest BCUT2D eigenvalue weighted by molar-refractivity contribution is 0.260. The molecule has 0 aromatic carbocycles. The molecule has 1 fully saturated rings. The monoisotopic (exact) mass is 234 g/mol. The second-order valence-corrected chi connectivity index (χ2v) is 5.94. The third-order valence-electron chi connectivity index (χ3n) is 4.30. The summed E-state index contributed by atoms with van der Waals surface area (Å²) in [4.78, 5) is 0. The number of hydrogen-bond acceptors (Lipinski definition) is 1. The summed E-state index contributed by atoms with van der Waals surface area (Å²) in [5.74, 6) is 1.80. The van der Waals surface area contributed by atoms with Crippen LogP contribution in [-0.4, -0.2) is 10.7 Å². The van der Waals surface area contributed by atoms with Crippen molar-refractivity contribution in [3.63, 3.8) is 0 Å². The van der Waals surface area contributed by atoms with Crippen LogP contribution < -0.4 is 5.43 Å². The van der Waals surface area contributed by atoms with Crippen molar-refractivity contribution in [3.05, 3.63) is 23.5 Å². The van der Waals surface area contributed by atoms with Gasteiger partial charge in [0.1, 0.15) is 0 Å². The summed E-state index contributed by atoms with van der Waals surface area (Å²) in [6, 6.07) is 5.03. The highest BCUT2D eigenvalue weighted by molar-refractivity contribution is 5.16. The second kappa shape index (κ2) is 5.16. The van der Waals surface area contributed by atoms with Gasteiger partial charge < -0.3 is 5.43 Å². The number of aromatic nitrogens is 1. The molecule has 0 bridgehead atoms. The lowest BCUT2D eigenvalue weighted by atomic mass is 9.80. The van der Waals surface area contributed by atoms with Crippen LogP contribution in [-0.2, 0) is 0 Å². The zero-order valence-electron chi connectivity index (χ0n) is 11.7. The fourth-order valence-electron chi connectivity index (χ4n) is 2.97. The Labute approximate surface area is 105 Å². The van der Waals surface area contributed by atoms with Crippen LogP contribution in [0.25, 0.3) is 0 Å². The van der Waals surface area contributed by atoms with Crippen molar-refractivity contribution in [1.29, 1.82) is 0 Å². The zero-order valence-corrected chi connectivity index (χ0v) is 11.7. The molecule has 0 amide bonds. The minimum absolute atomic E-state index is 0.662. The van der Waals surface area contributed by atoms with Crippen molar-refractivity contribution in [2.75, 3.05) is 5.43 Å². The first-order chi connectivity index (χ1) is 8.08. The molecule has 0 unspecified atom stereocenters. The van der Waals surface area contributed by atoms with Crippen LogP contribution in [0.15, 0.2) is 12.1 Å². The molecule has 2 rings (SSSR count). The number of nitrogens with one attached hydrogen (secondary N) is 1. The average molecular weight is 234 g/mol. The summed E-state index contributed by atoms with van der Waals surface area (Å²) in [7, 11) is 0. The molecule has 2 heteroatoms. The molecular formula is C15H26N2. The maximum Gasteiger partial charge on any atom is 0.0424 e. The van der Waals surface area contributed by atoms with Gasteiger partial charge in [-0.1, -0.05) is 13.8 Å². The van der Waals surface area contributed by atoms with Crippen LogP contribution in [0.1, 0.15) is 50.9 Å². The molecule has 1 aliphatic rings. The fraction of sp³-hybridized carbons (Fsp3) is 0.733. The van der Waals surface area contributed by atoms with Crippen LogP contribution in [0.4, 0.5) is 0 Å². The van der Waals surface area contributed by atoms with Gasteiger partial charge in [-0.3, -0.25) is 4.68 Å². The van der Waals surface area contributed by atoms with E-state index in [1.54, 1.807) is 0 Å². The summed E-state index contributed by atoms with van der Waals surface area (Å²) in [6.45, 7) is 9.05. The topological polar surface area (TPSA) is 17.0 Å². The molecule has 17 heavy (non-hydrogen) atoms. The first-order valence-corrected chi connectivity index (χ1v) is 6.99. The largest absolute Gasteiger partial charge is 0.323 e. The van der Waals surface area contributed by atoms with E-state index in [1.807, 2.05) is 0 Å². The minimum Gasteiger partial charge on any atom is -0.323 e. The van der Waals surface area contributed by atoms with Crippen LogP contribution in [0.3, 0.4) is 0 Å². The highest BCUT2D eigenvalue weighted by atomic mass is 15.4. The maximum atomic E-state index is 3.67. The van der Waals surface area contributed by atoms with Crippen molar-refractivity contribution in [3.8, 4) is 0 Å². The molecule has 0 saturated heterocycles. The van der Waals surface area contributed by atoms with E-state index in [9.17, 15) is 0 Å². The van der Waals surface area contributed by atoms with Gasteiger partial charge in [0.05, 0.1) is 0 Å². The second-order valence-electron chi connectivity index (χ2n) is 5.94. The molecule has 96 valence electrons. The van der Waals surface area contributed by atoms with Crippen molar-refractivity contribution in [1.82, 2.24) is 4.68 Å². The molecule has 1 aromatic heterocycles. The third kappa shape index (κ3) is 2.85. The molecule has 1 heterocycles. The third-order valence-corrected chi connectivity index (χ3v) is 4.30. The number of nitrogens with zero attached hydrogens (tertiary/aromatic N) is 1.